The summed E-state index contributed by atoms with van der Waals surface area (Å²) in [5.41, 5.74) is 2.18. The maximum Gasteiger partial charge on any atom is 0.226 e. The third-order valence-electron chi connectivity index (χ3n) is 6.58. The van der Waals surface area contributed by atoms with Crippen LogP contribution in [0.15, 0.2) is 24.5 Å². The highest BCUT2D eigenvalue weighted by molar-refractivity contribution is 5.79. The van der Waals surface area contributed by atoms with Gasteiger partial charge >= 0.3 is 0 Å². The normalized spacial score (nSPS) is 23.2. The fourth-order valence-electron chi connectivity index (χ4n) is 5.09. The van der Waals surface area contributed by atoms with Gasteiger partial charge in [0.2, 0.25) is 5.91 Å². The molecule has 0 saturated carbocycles. The lowest BCUT2D eigenvalue weighted by Crippen LogP contribution is -2.50. The van der Waals surface area contributed by atoms with Crippen molar-refractivity contribution in [2.24, 2.45) is 5.92 Å². The van der Waals surface area contributed by atoms with Gasteiger partial charge in [0, 0.05) is 37.5 Å². The van der Waals surface area contributed by atoms with Gasteiger partial charge in [-0.15, -0.1) is 0 Å². The molecule has 5 rings (SSSR count). The smallest absolute Gasteiger partial charge is 0.226 e. The van der Waals surface area contributed by atoms with Gasteiger partial charge in [-0.1, -0.05) is 12.1 Å². The zero-order chi connectivity index (χ0) is 19.1. The van der Waals surface area contributed by atoms with Gasteiger partial charge in [0.15, 0.2) is 0 Å². The first-order valence-corrected chi connectivity index (χ1v) is 10.2. The van der Waals surface area contributed by atoms with Crippen LogP contribution in [0.25, 0.3) is 0 Å². The quantitative estimate of drug-likeness (QED) is 0.794. The monoisotopic (exact) mass is 382 g/mol. The lowest BCUT2D eigenvalue weighted by molar-refractivity contribution is -0.145. The number of hydrogen-bond donors (Lipinski definition) is 0. The summed E-state index contributed by atoms with van der Waals surface area (Å²) in [5, 5.41) is 4.21. The fraction of sp³-hybridized carbons (Fsp3) is 0.571. The van der Waals surface area contributed by atoms with Crippen LogP contribution in [0.4, 0.5) is 0 Å². The van der Waals surface area contributed by atoms with E-state index in [0.717, 1.165) is 63.5 Å². The van der Waals surface area contributed by atoms with Crippen molar-refractivity contribution in [1.29, 1.82) is 0 Å². The zero-order valence-electron chi connectivity index (χ0n) is 16.3. The van der Waals surface area contributed by atoms with E-state index >= 15 is 0 Å². The van der Waals surface area contributed by atoms with E-state index in [1.807, 2.05) is 15.6 Å². The Labute approximate surface area is 164 Å². The standard InChI is InChI=1S/C21H26N4O3/c1-27-17-4-2-3-15-6-12-28-21(19(15)17)7-10-24(11-8-21)20(26)16-5-9-25-18(13-16)22-14-23-25/h2-4,14,16H,5-13H2,1H3. The van der Waals surface area contributed by atoms with Gasteiger partial charge in [-0.25, -0.2) is 4.98 Å². The number of carbonyl (C=O) groups excluding carboxylic acids is 1. The highest BCUT2D eigenvalue weighted by Crippen LogP contribution is 2.46. The maximum atomic E-state index is 13.1. The Bertz CT molecular complexity index is 871. The van der Waals surface area contributed by atoms with Crippen LogP contribution in [0.2, 0.25) is 0 Å². The molecule has 28 heavy (non-hydrogen) atoms. The van der Waals surface area contributed by atoms with Crippen LogP contribution in [0.1, 0.15) is 36.2 Å². The van der Waals surface area contributed by atoms with Crippen molar-refractivity contribution < 1.29 is 14.3 Å². The van der Waals surface area contributed by atoms with Gasteiger partial charge in [0.05, 0.1) is 13.7 Å². The van der Waals surface area contributed by atoms with E-state index in [9.17, 15) is 4.79 Å². The zero-order valence-corrected chi connectivity index (χ0v) is 16.3. The maximum absolute atomic E-state index is 13.1. The molecule has 4 heterocycles. The molecule has 7 nitrogen and oxygen atoms in total. The number of amides is 1. The molecule has 7 heteroatoms. The van der Waals surface area contributed by atoms with Crippen LogP contribution in [0.3, 0.4) is 0 Å². The van der Waals surface area contributed by atoms with Gasteiger partial charge in [-0.05, 0) is 37.3 Å². The highest BCUT2D eigenvalue weighted by Gasteiger charge is 2.44. The molecule has 0 N–H and O–H groups in total. The number of aryl methyl sites for hydroxylation is 1. The van der Waals surface area contributed by atoms with Gasteiger partial charge in [-0.3, -0.25) is 9.48 Å². The summed E-state index contributed by atoms with van der Waals surface area (Å²) >= 11 is 0. The first kappa shape index (κ1) is 17.7. The molecule has 1 aromatic heterocycles. The largest absolute Gasteiger partial charge is 0.496 e. The summed E-state index contributed by atoms with van der Waals surface area (Å²) in [6, 6.07) is 6.25. The van der Waals surface area contributed by atoms with E-state index in [4.69, 9.17) is 9.47 Å². The molecule has 3 aliphatic rings. The van der Waals surface area contributed by atoms with Crippen molar-refractivity contribution in [2.75, 3.05) is 26.8 Å². The summed E-state index contributed by atoms with van der Waals surface area (Å²) in [6.07, 6.45) is 5.65. The number of nitrogens with zero attached hydrogens (tertiary/aromatic N) is 4. The Balaban J connectivity index is 1.32. The Morgan fingerprint density at radius 2 is 2.14 bits per heavy atom. The number of aromatic nitrogens is 3. The molecule has 1 unspecified atom stereocenters. The molecule has 0 bridgehead atoms. The van der Waals surface area contributed by atoms with Crippen LogP contribution in [-0.4, -0.2) is 52.4 Å². The molecule has 1 saturated heterocycles. The average Bonchev–Trinajstić information content (AvgIpc) is 3.21. The van der Waals surface area contributed by atoms with E-state index in [-0.39, 0.29) is 17.4 Å². The summed E-state index contributed by atoms with van der Waals surface area (Å²) in [5.74, 6) is 2.09. The average molecular weight is 382 g/mol. The number of piperidine rings is 1. The number of hydrogen-bond acceptors (Lipinski definition) is 5. The number of ether oxygens (including phenoxy) is 2. The van der Waals surface area contributed by atoms with E-state index in [2.05, 4.69) is 22.2 Å². The molecule has 0 aliphatic carbocycles. The fourth-order valence-corrected chi connectivity index (χ4v) is 5.09. The summed E-state index contributed by atoms with van der Waals surface area (Å²) in [7, 11) is 1.72. The number of carbonyl (C=O) groups is 1. The van der Waals surface area contributed by atoms with E-state index in [0.29, 0.717) is 6.42 Å². The van der Waals surface area contributed by atoms with Crippen molar-refractivity contribution in [3.8, 4) is 5.75 Å². The van der Waals surface area contributed by atoms with Gasteiger partial charge in [-0.2, -0.15) is 5.10 Å². The molecule has 0 radical (unpaired) electrons. The molecule has 1 amide bonds. The Morgan fingerprint density at radius 3 is 2.96 bits per heavy atom. The molecule has 3 aliphatic heterocycles. The number of likely N-dealkylation sites (tertiary alicyclic amines) is 1. The van der Waals surface area contributed by atoms with Crippen molar-refractivity contribution in [3.63, 3.8) is 0 Å². The predicted octanol–water partition coefficient (Wildman–Crippen LogP) is 1.94. The van der Waals surface area contributed by atoms with Crippen LogP contribution in [0.5, 0.6) is 5.75 Å². The Morgan fingerprint density at radius 1 is 1.29 bits per heavy atom. The number of rotatable bonds is 2. The van der Waals surface area contributed by atoms with E-state index in [1.54, 1.807) is 13.4 Å². The van der Waals surface area contributed by atoms with Crippen molar-refractivity contribution in [1.82, 2.24) is 19.7 Å². The minimum absolute atomic E-state index is 0.0137. The van der Waals surface area contributed by atoms with Crippen LogP contribution >= 0.6 is 0 Å². The summed E-state index contributed by atoms with van der Waals surface area (Å²) < 4.78 is 13.9. The molecule has 148 valence electrons. The first-order chi connectivity index (χ1) is 13.7. The molecule has 1 aromatic carbocycles. The third-order valence-corrected chi connectivity index (χ3v) is 6.58. The minimum Gasteiger partial charge on any atom is -0.496 e. The molecular weight excluding hydrogens is 356 g/mol. The molecule has 2 aromatic rings. The van der Waals surface area contributed by atoms with E-state index < -0.39 is 0 Å². The Kier molecular flexibility index (Phi) is 4.34. The molecule has 1 fully saturated rings. The van der Waals surface area contributed by atoms with Crippen molar-refractivity contribution in [3.05, 3.63) is 41.5 Å². The minimum atomic E-state index is -0.330. The highest BCUT2D eigenvalue weighted by atomic mass is 16.5. The second-order valence-corrected chi connectivity index (χ2v) is 8.00. The number of fused-ring (bicyclic) bond motifs is 3. The Hall–Kier alpha value is -2.41. The lowest BCUT2D eigenvalue weighted by atomic mass is 9.78. The van der Waals surface area contributed by atoms with Crippen LogP contribution in [-0.2, 0) is 34.5 Å². The van der Waals surface area contributed by atoms with Gasteiger partial charge < -0.3 is 14.4 Å². The number of methoxy groups -OCH3 is 1. The second kappa shape index (κ2) is 6.88. The number of benzene rings is 1. The van der Waals surface area contributed by atoms with Gasteiger partial charge in [0.1, 0.15) is 23.5 Å². The molecule has 1 spiro atoms. The topological polar surface area (TPSA) is 69.5 Å². The first-order valence-electron chi connectivity index (χ1n) is 10.2. The van der Waals surface area contributed by atoms with Crippen LogP contribution < -0.4 is 4.74 Å². The molecule has 1 atom stereocenters. The van der Waals surface area contributed by atoms with Gasteiger partial charge in [0.25, 0.3) is 0 Å². The summed E-state index contributed by atoms with van der Waals surface area (Å²) in [4.78, 5) is 19.4. The van der Waals surface area contributed by atoms with Crippen molar-refractivity contribution >= 4 is 5.91 Å². The predicted molar refractivity (Wildman–Crippen MR) is 102 cm³/mol. The van der Waals surface area contributed by atoms with Crippen LogP contribution in [0, 0.1) is 5.92 Å². The molecular formula is C21H26N4O3. The third kappa shape index (κ3) is 2.80. The SMILES string of the molecule is COc1cccc2c1C1(CCN(C(=O)C3CCn4ncnc4C3)CC1)OCC2. The summed E-state index contributed by atoms with van der Waals surface area (Å²) in [6.45, 7) is 2.95. The van der Waals surface area contributed by atoms with E-state index in [1.165, 1.54) is 11.1 Å². The van der Waals surface area contributed by atoms with Crippen molar-refractivity contribution in [2.45, 2.75) is 44.2 Å². The lowest BCUT2D eigenvalue weighted by Gasteiger charge is -2.46. The second-order valence-electron chi connectivity index (χ2n) is 8.00.